The van der Waals surface area contributed by atoms with E-state index < -0.39 is 5.60 Å². The van der Waals surface area contributed by atoms with Gasteiger partial charge in [-0.15, -0.1) is 0 Å². The van der Waals surface area contributed by atoms with Gasteiger partial charge in [0.25, 0.3) is 0 Å². The summed E-state index contributed by atoms with van der Waals surface area (Å²) in [6, 6.07) is 0. The highest BCUT2D eigenvalue weighted by atomic mass is 16.6. The number of ketones is 1. The zero-order chi connectivity index (χ0) is 18.3. The van der Waals surface area contributed by atoms with E-state index in [0.29, 0.717) is 36.4 Å². The van der Waals surface area contributed by atoms with Gasteiger partial charge in [0, 0.05) is 12.3 Å². The average Bonchev–Trinajstić information content (AvgIpc) is 3.28. The summed E-state index contributed by atoms with van der Waals surface area (Å²) in [7, 11) is 0. The molecule has 3 saturated carbocycles. The van der Waals surface area contributed by atoms with Crippen molar-refractivity contribution in [2.45, 2.75) is 83.5 Å². The molecule has 5 aliphatic rings. The van der Waals surface area contributed by atoms with E-state index >= 15 is 0 Å². The molecule has 1 aliphatic heterocycles. The van der Waals surface area contributed by atoms with E-state index in [1.54, 1.807) is 12.5 Å². The SMILES string of the molecule is CC(=O)O[C@]1(C(C)=O)CC[C@H]2[C@@H]3CCC4CC5OC5C[C@H]4C3=CC[C@@]21C. The molecule has 4 nitrogen and oxygen atoms in total. The number of carbonyl (C=O) groups is 2. The number of Topliss-reactive ketones (excluding diaryl/α,β-unsaturated/α-hetero) is 1. The molecule has 3 unspecified atom stereocenters. The van der Waals surface area contributed by atoms with Crippen LogP contribution < -0.4 is 0 Å². The number of rotatable bonds is 2. The van der Waals surface area contributed by atoms with Crippen LogP contribution in [0.15, 0.2) is 11.6 Å². The number of hydrogen-bond donors (Lipinski definition) is 0. The van der Waals surface area contributed by atoms with Gasteiger partial charge in [-0.3, -0.25) is 9.59 Å². The van der Waals surface area contributed by atoms with Gasteiger partial charge in [-0.25, -0.2) is 0 Å². The van der Waals surface area contributed by atoms with Gasteiger partial charge < -0.3 is 9.47 Å². The molecule has 0 radical (unpaired) electrons. The summed E-state index contributed by atoms with van der Waals surface area (Å²) < 4.78 is 11.6. The van der Waals surface area contributed by atoms with E-state index in [4.69, 9.17) is 9.47 Å². The van der Waals surface area contributed by atoms with Gasteiger partial charge in [0.05, 0.1) is 12.2 Å². The third-order valence-corrected chi connectivity index (χ3v) is 8.67. The van der Waals surface area contributed by atoms with Crippen LogP contribution >= 0.6 is 0 Å². The lowest BCUT2D eigenvalue weighted by molar-refractivity contribution is -0.180. The van der Waals surface area contributed by atoms with Crippen molar-refractivity contribution in [2.24, 2.45) is 29.1 Å². The molecule has 4 heteroatoms. The molecule has 4 fully saturated rings. The van der Waals surface area contributed by atoms with E-state index in [2.05, 4.69) is 13.0 Å². The highest BCUT2D eigenvalue weighted by molar-refractivity contribution is 5.89. The maximum absolute atomic E-state index is 12.7. The van der Waals surface area contributed by atoms with Gasteiger partial charge in [-0.05, 0) is 75.5 Å². The van der Waals surface area contributed by atoms with Crippen molar-refractivity contribution in [1.29, 1.82) is 0 Å². The van der Waals surface area contributed by atoms with Crippen molar-refractivity contribution in [2.75, 3.05) is 0 Å². The van der Waals surface area contributed by atoms with Gasteiger partial charge in [0.2, 0.25) is 0 Å². The van der Waals surface area contributed by atoms with E-state index in [1.807, 2.05) is 0 Å². The summed E-state index contributed by atoms with van der Waals surface area (Å²) in [6.07, 6.45) is 11.0. The van der Waals surface area contributed by atoms with Crippen LogP contribution in [-0.4, -0.2) is 29.6 Å². The molecule has 0 amide bonds. The normalized spacial score (nSPS) is 51.3. The number of epoxide rings is 1. The monoisotopic (exact) mass is 358 g/mol. The molecule has 26 heavy (non-hydrogen) atoms. The van der Waals surface area contributed by atoms with Crippen molar-refractivity contribution in [3.63, 3.8) is 0 Å². The first-order valence-corrected chi connectivity index (χ1v) is 10.4. The van der Waals surface area contributed by atoms with Gasteiger partial charge in [0.1, 0.15) is 0 Å². The topological polar surface area (TPSA) is 55.9 Å². The van der Waals surface area contributed by atoms with Crippen molar-refractivity contribution >= 4 is 11.8 Å². The fourth-order valence-electron chi connectivity index (χ4n) is 7.41. The van der Waals surface area contributed by atoms with Gasteiger partial charge in [0.15, 0.2) is 11.4 Å². The van der Waals surface area contributed by atoms with Crippen LogP contribution in [0, 0.1) is 29.1 Å². The summed E-state index contributed by atoms with van der Waals surface area (Å²) in [5.74, 6) is 2.17. The molecule has 0 bridgehead atoms. The van der Waals surface area contributed by atoms with Gasteiger partial charge in [-0.2, -0.15) is 0 Å². The lowest BCUT2D eigenvalue weighted by Gasteiger charge is -2.52. The van der Waals surface area contributed by atoms with E-state index in [9.17, 15) is 9.59 Å². The first-order chi connectivity index (χ1) is 12.4. The van der Waals surface area contributed by atoms with Crippen molar-refractivity contribution in [3.8, 4) is 0 Å². The lowest BCUT2D eigenvalue weighted by Crippen LogP contribution is -2.55. The van der Waals surface area contributed by atoms with E-state index in [-0.39, 0.29) is 17.2 Å². The molecule has 0 aromatic rings. The van der Waals surface area contributed by atoms with Gasteiger partial charge >= 0.3 is 5.97 Å². The second-order valence-electron chi connectivity index (χ2n) is 9.68. The number of fused-ring (bicyclic) bond motifs is 6. The van der Waals surface area contributed by atoms with E-state index in [0.717, 1.165) is 18.8 Å². The molecule has 1 saturated heterocycles. The molecule has 1 heterocycles. The second-order valence-corrected chi connectivity index (χ2v) is 9.68. The van der Waals surface area contributed by atoms with Crippen LogP contribution in [0.4, 0.5) is 0 Å². The van der Waals surface area contributed by atoms with Crippen LogP contribution in [0.2, 0.25) is 0 Å². The summed E-state index contributed by atoms with van der Waals surface area (Å²) in [4.78, 5) is 24.5. The zero-order valence-electron chi connectivity index (χ0n) is 16.1. The van der Waals surface area contributed by atoms with Crippen LogP contribution in [-0.2, 0) is 19.1 Å². The number of esters is 1. The van der Waals surface area contributed by atoms with Crippen molar-refractivity contribution in [3.05, 3.63) is 11.6 Å². The minimum absolute atomic E-state index is 0.0233. The summed E-state index contributed by atoms with van der Waals surface area (Å²) in [5, 5.41) is 0. The Kier molecular flexibility index (Phi) is 3.55. The standard InChI is InChI=1S/C22H30O4/c1-12(23)22(26-13(2)24)9-7-18-16-5-4-14-10-19-20(25-19)11-17(14)15(16)6-8-21(18,22)3/h6,14,16-20H,4-5,7-11H2,1-3H3/t14?,16-,17-,18+,19?,20?,21+,22+/m1/s1. The molecule has 142 valence electrons. The molecule has 0 aromatic carbocycles. The number of hydrogen-bond acceptors (Lipinski definition) is 4. The highest BCUT2D eigenvalue weighted by Crippen LogP contribution is 2.65. The Bertz CT molecular complexity index is 696. The Morgan fingerprint density at radius 1 is 1.12 bits per heavy atom. The quantitative estimate of drug-likeness (QED) is 0.428. The van der Waals surface area contributed by atoms with Crippen LogP contribution in [0.1, 0.15) is 65.7 Å². The van der Waals surface area contributed by atoms with Crippen LogP contribution in [0.25, 0.3) is 0 Å². The Balaban J connectivity index is 1.50. The Hall–Kier alpha value is -1.16. The third-order valence-electron chi connectivity index (χ3n) is 8.67. The van der Waals surface area contributed by atoms with Crippen LogP contribution in [0.5, 0.6) is 0 Å². The number of ether oxygens (including phenoxy) is 2. The summed E-state index contributed by atoms with van der Waals surface area (Å²) >= 11 is 0. The third kappa shape index (κ3) is 2.11. The summed E-state index contributed by atoms with van der Waals surface area (Å²) in [6.45, 7) is 5.25. The van der Waals surface area contributed by atoms with E-state index in [1.165, 1.54) is 32.6 Å². The summed E-state index contributed by atoms with van der Waals surface area (Å²) in [5.41, 5.74) is 0.457. The average molecular weight is 358 g/mol. The molecule has 5 rings (SSSR count). The van der Waals surface area contributed by atoms with Crippen molar-refractivity contribution < 1.29 is 19.1 Å². The maximum atomic E-state index is 12.7. The molecular weight excluding hydrogens is 328 g/mol. The first-order valence-electron chi connectivity index (χ1n) is 10.4. The Morgan fingerprint density at radius 2 is 1.88 bits per heavy atom. The second kappa shape index (κ2) is 5.43. The Labute approximate surface area is 155 Å². The minimum atomic E-state index is -0.931. The minimum Gasteiger partial charge on any atom is -0.451 e. The fraction of sp³-hybridized carbons (Fsp3) is 0.818. The fourth-order valence-corrected chi connectivity index (χ4v) is 7.41. The highest BCUT2D eigenvalue weighted by Gasteiger charge is 2.66. The molecule has 0 spiro atoms. The molecule has 8 atom stereocenters. The van der Waals surface area contributed by atoms with Gasteiger partial charge in [-0.1, -0.05) is 18.6 Å². The zero-order valence-corrected chi connectivity index (χ0v) is 16.1. The predicted molar refractivity (Wildman–Crippen MR) is 96.3 cm³/mol. The molecular formula is C22H30O4. The lowest BCUT2D eigenvalue weighted by atomic mass is 9.53. The number of carbonyl (C=O) groups excluding carboxylic acids is 2. The number of allylic oxidation sites excluding steroid dienone is 2. The van der Waals surface area contributed by atoms with Crippen molar-refractivity contribution in [1.82, 2.24) is 0 Å². The molecule has 0 aromatic heterocycles. The molecule has 0 N–H and O–H groups in total. The largest absolute Gasteiger partial charge is 0.451 e. The predicted octanol–water partition coefficient (Wildman–Crippen LogP) is 3.83. The molecule has 4 aliphatic carbocycles. The Morgan fingerprint density at radius 3 is 2.62 bits per heavy atom. The maximum Gasteiger partial charge on any atom is 0.303 e. The van der Waals surface area contributed by atoms with Crippen LogP contribution in [0.3, 0.4) is 0 Å². The smallest absolute Gasteiger partial charge is 0.303 e. The first kappa shape index (κ1) is 17.0.